The van der Waals surface area contributed by atoms with Crippen molar-refractivity contribution in [2.75, 3.05) is 33.0 Å². The predicted octanol–water partition coefficient (Wildman–Crippen LogP) is 3.97. The maximum atomic E-state index is 10.8. The smallest absolute Gasteiger partial charge is 0.334 e. The van der Waals surface area contributed by atoms with E-state index in [4.69, 9.17) is 40.1 Å². The van der Waals surface area contributed by atoms with Crippen molar-refractivity contribution in [1.29, 1.82) is 0 Å². The summed E-state index contributed by atoms with van der Waals surface area (Å²) in [7, 11) is 0. The van der Waals surface area contributed by atoms with Gasteiger partial charge in [0, 0.05) is 46.4 Å². The molecule has 1 rings (SSSR count). The number of ether oxygens (including phenoxy) is 2. The monoisotopic (exact) mass is 508 g/mol. The molecule has 1 aromatic rings. The maximum absolute atomic E-state index is 10.8. The van der Waals surface area contributed by atoms with Crippen LogP contribution in [0.3, 0.4) is 0 Å². The molecular weight excluding hydrogens is 456 g/mol. The molecule has 210 valence electrons. The Labute approximate surface area is 212 Å². The highest BCUT2D eigenvalue weighted by Crippen LogP contribution is 2.25. The van der Waals surface area contributed by atoms with Crippen LogP contribution in [0.1, 0.15) is 74.7 Å². The van der Waals surface area contributed by atoms with Crippen LogP contribution >= 0.6 is 0 Å². The fraction of sp³-hybridized carbons (Fsp3) is 0.654. The van der Waals surface area contributed by atoms with Crippen LogP contribution in [0.5, 0.6) is 5.75 Å². The third-order valence-corrected chi connectivity index (χ3v) is 2.88. The van der Waals surface area contributed by atoms with Gasteiger partial charge in [0.25, 0.3) is 0 Å². The number of carboxylic acids is 1. The van der Waals surface area contributed by atoms with Crippen LogP contribution in [0.15, 0.2) is 42.2 Å². The number of aliphatic carboxylic acids is 1. The minimum Gasteiger partial charge on any atom is -0.478 e. The van der Waals surface area contributed by atoms with E-state index in [1.807, 2.05) is 37.3 Å². The Hall–Kier alpha value is -2.17. The molecule has 35 heavy (non-hydrogen) atoms. The Bertz CT molecular complexity index is 525. The molecule has 1 aromatic carbocycles. The van der Waals surface area contributed by atoms with Crippen molar-refractivity contribution in [2.24, 2.45) is 0 Å². The minimum absolute atomic E-state index is 0.143. The summed E-state index contributed by atoms with van der Waals surface area (Å²) < 4.78 is 11.5. The summed E-state index contributed by atoms with van der Waals surface area (Å²) in [5.74, 6) is -1.16. The molecule has 0 saturated heterocycles. The van der Waals surface area contributed by atoms with Crippen LogP contribution in [-0.4, -0.2) is 75.4 Å². The molecule has 0 aliphatic heterocycles. The lowest BCUT2D eigenvalue weighted by molar-refractivity contribution is -0.140. The van der Waals surface area contributed by atoms with Crippen molar-refractivity contribution < 1.29 is 44.9 Å². The number of aliphatic hydroxyl groups is 5. The van der Waals surface area contributed by atoms with Crippen molar-refractivity contribution in [3.63, 3.8) is 0 Å². The lowest BCUT2D eigenvalue weighted by atomic mass is 10.1. The third kappa shape index (κ3) is 42.5. The number of unbranched alkanes of at least 4 members (excludes halogenated alkanes) is 1. The van der Waals surface area contributed by atoms with E-state index in [1.165, 1.54) is 13.2 Å². The first kappa shape index (κ1) is 42.9. The molecule has 0 saturated carbocycles. The van der Waals surface area contributed by atoms with Crippen molar-refractivity contribution in [3.8, 4) is 5.75 Å². The molecule has 1 unspecified atom stereocenters. The van der Waals surface area contributed by atoms with Gasteiger partial charge in [-0.2, -0.15) is 0 Å². The van der Waals surface area contributed by atoms with Crippen LogP contribution in [-0.2, 0) is 9.53 Å². The lowest BCUT2D eigenvalue weighted by Gasteiger charge is -2.30. The van der Waals surface area contributed by atoms with E-state index in [1.54, 1.807) is 34.6 Å². The van der Waals surface area contributed by atoms with Crippen LogP contribution in [0.2, 0.25) is 0 Å². The summed E-state index contributed by atoms with van der Waals surface area (Å²) in [6.07, 6.45) is 3.88. The van der Waals surface area contributed by atoms with Gasteiger partial charge < -0.3 is 40.1 Å². The molecule has 0 heterocycles. The van der Waals surface area contributed by atoms with Crippen LogP contribution in [0, 0.1) is 0 Å². The van der Waals surface area contributed by atoms with Gasteiger partial charge in [0.2, 0.25) is 5.79 Å². The maximum Gasteiger partial charge on any atom is 0.334 e. The highest BCUT2D eigenvalue weighted by atomic mass is 16.7. The zero-order valence-corrected chi connectivity index (χ0v) is 23.0. The molecule has 0 aliphatic rings. The Morgan fingerprint density at radius 1 is 0.829 bits per heavy atom. The SMILES string of the molecule is CCCCC(C)(OC=C(C)C(=O)O)Oc1ccccc1.CCO.CCO.CCO.CCO.CCO. The molecule has 0 bridgehead atoms. The number of hydrogen-bond acceptors (Lipinski definition) is 8. The lowest BCUT2D eigenvalue weighted by Crippen LogP contribution is -2.34. The fourth-order valence-electron chi connectivity index (χ4n) is 1.63. The van der Waals surface area contributed by atoms with Crippen molar-refractivity contribution in [3.05, 3.63) is 42.2 Å². The number of carbonyl (C=O) groups is 1. The van der Waals surface area contributed by atoms with E-state index >= 15 is 0 Å². The van der Waals surface area contributed by atoms with Gasteiger partial charge in [-0.05, 0) is 60.1 Å². The van der Waals surface area contributed by atoms with E-state index in [0.29, 0.717) is 12.2 Å². The molecule has 9 nitrogen and oxygen atoms in total. The molecule has 9 heteroatoms. The summed E-state index contributed by atoms with van der Waals surface area (Å²) in [4.78, 5) is 10.8. The van der Waals surface area contributed by atoms with Gasteiger partial charge in [0.15, 0.2) is 0 Å². The second-order valence-corrected chi connectivity index (χ2v) is 6.46. The molecule has 0 aliphatic carbocycles. The summed E-state index contributed by atoms with van der Waals surface area (Å²) >= 11 is 0. The number of benzene rings is 1. The fourth-order valence-corrected chi connectivity index (χ4v) is 1.63. The Balaban J connectivity index is -0.000000165. The number of para-hydroxylation sites is 1. The average Bonchev–Trinajstić information content (AvgIpc) is 2.79. The van der Waals surface area contributed by atoms with Gasteiger partial charge in [0.1, 0.15) is 5.75 Å². The molecule has 0 aromatic heterocycles. The van der Waals surface area contributed by atoms with Gasteiger partial charge in [0.05, 0.1) is 11.8 Å². The molecule has 0 fully saturated rings. The highest BCUT2D eigenvalue weighted by Gasteiger charge is 2.27. The van der Waals surface area contributed by atoms with Gasteiger partial charge in [-0.3, -0.25) is 0 Å². The van der Waals surface area contributed by atoms with Crippen molar-refractivity contribution in [2.45, 2.75) is 80.4 Å². The van der Waals surface area contributed by atoms with Crippen molar-refractivity contribution in [1.82, 2.24) is 0 Å². The minimum atomic E-state index is -0.998. The van der Waals surface area contributed by atoms with E-state index < -0.39 is 11.8 Å². The Morgan fingerprint density at radius 2 is 1.20 bits per heavy atom. The van der Waals surface area contributed by atoms with Gasteiger partial charge in [-0.25, -0.2) is 4.79 Å². The summed E-state index contributed by atoms with van der Waals surface area (Å²) in [5, 5.41) is 46.7. The third-order valence-electron chi connectivity index (χ3n) is 2.88. The van der Waals surface area contributed by atoms with E-state index in [-0.39, 0.29) is 38.6 Å². The molecule has 1 atom stereocenters. The van der Waals surface area contributed by atoms with E-state index in [9.17, 15) is 4.79 Å². The predicted molar refractivity (Wildman–Crippen MR) is 141 cm³/mol. The van der Waals surface area contributed by atoms with Crippen LogP contribution in [0.4, 0.5) is 0 Å². The standard InChI is InChI=1S/C16H22O4.5C2H6O/c1-4-5-11-16(3,19-12-13(2)15(17)18)20-14-9-7-6-8-10-14;5*1-2-3/h6-10,12H,4-5,11H2,1-3H3,(H,17,18);5*3H,2H2,1H3. The number of hydrogen-bond donors (Lipinski definition) is 6. The van der Waals surface area contributed by atoms with Crippen LogP contribution in [0.25, 0.3) is 0 Å². The topological polar surface area (TPSA) is 157 Å². The molecular formula is C26H52O9. The molecule has 6 N–H and O–H groups in total. The quantitative estimate of drug-likeness (QED) is 0.174. The summed E-state index contributed by atoms with van der Waals surface area (Å²) in [5.41, 5.74) is 0.143. The average molecular weight is 509 g/mol. The van der Waals surface area contributed by atoms with Crippen molar-refractivity contribution >= 4 is 5.97 Å². The van der Waals surface area contributed by atoms with Gasteiger partial charge >= 0.3 is 5.97 Å². The molecule has 0 spiro atoms. The van der Waals surface area contributed by atoms with E-state index in [2.05, 4.69) is 6.92 Å². The Morgan fingerprint density at radius 3 is 1.51 bits per heavy atom. The highest BCUT2D eigenvalue weighted by molar-refractivity contribution is 5.85. The summed E-state index contributed by atoms with van der Waals surface area (Å²) in [6.45, 7) is 15.0. The second-order valence-electron chi connectivity index (χ2n) is 6.46. The molecule has 0 amide bonds. The number of rotatable bonds is 8. The first-order chi connectivity index (χ1) is 16.5. The summed E-state index contributed by atoms with van der Waals surface area (Å²) in [6, 6.07) is 9.37. The normalized spacial score (nSPS) is 10.8. The van der Waals surface area contributed by atoms with E-state index in [0.717, 1.165) is 12.8 Å². The number of aliphatic hydroxyl groups excluding tert-OH is 5. The zero-order chi connectivity index (χ0) is 28.5. The first-order valence-electron chi connectivity index (χ1n) is 11.9. The number of carboxylic acid groups (broad SMARTS) is 1. The second kappa shape index (κ2) is 36.4. The Kier molecular flexibility index (Phi) is 44.7. The first-order valence-corrected chi connectivity index (χ1v) is 11.9. The van der Waals surface area contributed by atoms with Gasteiger partial charge in [-0.1, -0.05) is 31.5 Å². The zero-order valence-electron chi connectivity index (χ0n) is 23.0. The largest absolute Gasteiger partial charge is 0.478 e. The molecule has 0 radical (unpaired) electrons. The van der Waals surface area contributed by atoms with Crippen LogP contribution < -0.4 is 4.74 Å². The van der Waals surface area contributed by atoms with Gasteiger partial charge in [-0.15, -0.1) is 0 Å².